The predicted molar refractivity (Wildman–Crippen MR) is 99.9 cm³/mol. The second-order valence-electron chi connectivity index (χ2n) is 7.24. The highest BCUT2D eigenvalue weighted by molar-refractivity contribution is 7.92. The summed E-state index contributed by atoms with van der Waals surface area (Å²) in [5, 5.41) is 5.04. The number of rotatable bonds is 5. The van der Waals surface area contributed by atoms with Gasteiger partial charge in [0.25, 0.3) is 0 Å². The molecule has 1 aliphatic rings. The van der Waals surface area contributed by atoms with Crippen molar-refractivity contribution in [1.82, 2.24) is 9.88 Å². The molecule has 0 radical (unpaired) electrons. The Labute approximate surface area is 160 Å². The molecule has 1 aromatic rings. The highest BCUT2D eigenvalue weighted by Gasteiger charge is 2.27. The van der Waals surface area contributed by atoms with E-state index in [9.17, 15) is 17.4 Å². The number of carbonyl (C=O) groups is 1. The zero-order valence-corrected chi connectivity index (χ0v) is 17.6. The number of thiazole rings is 1. The van der Waals surface area contributed by atoms with Crippen LogP contribution in [0.1, 0.15) is 40.0 Å². The molecule has 8 nitrogen and oxygen atoms in total. The van der Waals surface area contributed by atoms with Gasteiger partial charge < -0.3 is 9.64 Å². The molecule has 11 heteroatoms. The second-order valence-corrected chi connectivity index (χ2v) is 11.8. The first-order valence-electron chi connectivity index (χ1n) is 8.30. The maximum Gasteiger partial charge on any atom is 0.410 e. The summed E-state index contributed by atoms with van der Waals surface area (Å²) in [5.74, 6) is 0.782. The largest absolute Gasteiger partial charge is 0.444 e. The number of hydrogen-bond donors (Lipinski definition) is 1. The average molecular weight is 424 g/mol. The molecule has 1 atom stereocenters. The number of primary sulfonamides is 1. The normalized spacial score (nSPS) is 17.9. The van der Waals surface area contributed by atoms with Crippen molar-refractivity contribution in [3.63, 3.8) is 0 Å². The Morgan fingerprint density at radius 2 is 2.04 bits per heavy atom. The van der Waals surface area contributed by atoms with Crippen LogP contribution >= 0.6 is 11.3 Å². The topological polar surface area (TPSA) is 120 Å². The van der Waals surface area contributed by atoms with Crippen LogP contribution in [0.25, 0.3) is 0 Å². The molecule has 0 bridgehead atoms. The number of sulfonamides is 1. The molecule has 0 aliphatic carbocycles. The monoisotopic (exact) mass is 423 g/mol. The number of carbonyl (C=O) groups excluding carboxylic acids is 1. The lowest BCUT2D eigenvalue weighted by Crippen LogP contribution is -2.41. The van der Waals surface area contributed by atoms with E-state index in [0.717, 1.165) is 36.8 Å². The minimum Gasteiger partial charge on any atom is -0.444 e. The number of hydrogen-bond acceptors (Lipinski definition) is 7. The highest BCUT2D eigenvalue weighted by Crippen LogP contribution is 2.25. The van der Waals surface area contributed by atoms with Gasteiger partial charge in [-0.3, -0.25) is 4.21 Å². The van der Waals surface area contributed by atoms with Crippen LogP contribution in [-0.4, -0.2) is 53.0 Å². The fourth-order valence-electron chi connectivity index (χ4n) is 2.57. The molecule has 1 aliphatic heterocycles. The molecule has 0 aromatic carbocycles. The molecule has 0 spiro atoms. The van der Waals surface area contributed by atoms with E-state index in [1.165, 1.54) is 0 Å². The molecular weight excluding hydrogens is 398 g/mol. The Bertz CT molecular complexity index is 762. The molecule has 1 aromatic heterocycles. The molecule has 1 amide bonds. The first kappa shape index (κ1) is 21.3. The van der Waals surface area contributed by atoms with Gasteiger partial charge in [0.1, 0.15) is 5.60 Å². The van der Waals surface area contributed by atoms with Gasteiger partial charge in [-0.1, -0.05) is 11.3 Å². The standard InChI is InChI=1S/C15H25N3O5S3/c1-15(2,3)23-14(19)18-7-4-11(5-8-18)6-9-25(20)13-17-10-12(24-13)26(16,21)22/h10-11H,4-9H2,1-3H3,(H2,16,21,22). The predicted octanol–water partition coefficient (Wildman–Crippen LogP) is 1.94. The van der Waals surface area contributed by atoms with Crippen LogP contribution in [0.15, 0.2) is 14.7 Å². The lowest BCUT2D eigenvalue weighted by atomic mass is 9.95. The van der Waals surface area contributed by atoms with Crippen LogP contribution in [0.4, 0.5) is 4.79 Å². The number of likely N-dealkylation sites (tertiary alicyclic amines) is 1. The van der Waals surface area contributed by atoms with Gasteiger partial charge in [-0.25, -0.2) is 23.3 Å². The first-order valence-corrected chi connectivity index (χ1v) is 12.0. The van der Waals surface area contributed by atoms with Crippen molar-refractivity contribution in [2.75, 3.05) is 18.8 Å². The van der Waals surface area contributed by atoms with Crippen molar-refractivity contribution in [1.29, 1.82) is 0 Å². The molecule has 1 saturated heterocycles. The fraction of sp³-hybridized carbons (Fsp3) is 0.733. The maximum atomic E-state index is 12.3. The van der Waals surface area contributed by atoms with E-state index in [4.69, 9.17) is 9.88 Å². The summed E-state index contributed by atoms with van der Waals surface area (Å²) < 4.78 is 40.4. The lowest BCUT2D eigenvalue weighted by Gasteiger charge is -2.33. The van der Waals surface area contributed by atoms with E-state index in [1.54, 1.807) is 4.90 Å². The zero-order chi connectivity index (χ0) is 19.5. The van der Waals surface area contributed by atoms with E-state index in [0.29, 0.717) is 24.8 Å². The molecule has 2 N–H and O–H groups in total. The average Bonchev–Trinajstić information content (AvgIpc) is 3.01. The summed E-state index contributed by atoms with van der Waals surface area (Å²) >= 11 is 0.850. The van der Waals surface area contributed by atoms with Crippen molar-refractivity contribution >= 4 is 38.3 Å². The molecule has 26 heavy (non-hydrogen) atoms. The van der Waals surface area contributed by atoms with Crippen LogP contribution in [-0.2, 0) is 25.6 Å². The summed E-state index contributed by atoms with van der Waals surface area (Å²) in [6, 6.07) is 0. The Morgan fingerprint density at radius 1 is 1.42 bits per heavy atom. The van der Waals surface area contributed by atoms with Crippen molar-refractivity contribution in [2.45, 2.75) is 54.2 Å². The van der Waals surface area contributed by atoms with Gasteiger partial charge in [0, 0.05) is 18.8 Å². The number of amides is 1. The maximum absolute atomic E-state index is 12.3. The van der Waals surface area contributed by atoms with E-state index in [1.807, 2.05) is 20.8 Å². The molecule has 2 heterocycles. The smallest absolute Gasteiger partial charge is 0.410 e. The van der Waals surface area contributed by atoms with E-state index in [-0.39, 0.29) is 14.6 Å². The van der Waals surface area contributed by atoms with Gasteiger partial charge in [-0.05, 0) is 46.0 Å². The number of nitrogens with zero attached hydrogens (tertiary/aromatic N) is 2. The minimum atomic E-state index is -3.81. The third-order valence-electron chi connectivity index (χ3n) is 3.92. The van der Waals surface area contributed by atoms with Crippen molar-refractivity contribution in [3.05, 3.63) is 6.20 Å². The van der Waals surface area contributed by atoms with Gasteiger partial charge in [-0.2, -0.15) is 0 Å². The first-order chi connectivity index (χ1) is 12.0. The van der Waals surface area contributed by atoms with E-state index in [2.05, 4.69) is 4.98 Å². The third-order valence-corrected chi connectivity index (χ3v) is 8.03. The SMILES string of the molecule is CC(C)(C)OC(=O)N1CCC(CCS(=O)c2ncc(S(N)(=O)=O)s2)CC1. The van der Waals surface area contributed by atoms with Crippen LogP contribution < -0.4 is 5.14 Å². The Kier molecular flexibility index (Phi) is 6.81. The Balaban J connectivity index is 1.79. The number of ether oxygens (including phenoxy) is 1. The van der Waals surface area contributed by atoms with E-state index >= 15 is 0 Å². The van der Waals surface area contributed by atoms with Crippen molar-refractivity contribution in [3.8, 4) is 0 Å². The molecule has 1 unspecified atom stereocenters. The van der Waals surface area contributed by atoms with E-state index < -0.39 is 26.4 Å². The van der Waals surface area contributed by atoms with Gasteiger partial charge in [-0.15, -0.1) is 0 Å². The molecule has 2 rings (SSSR count). The lowest BCUT2D eigenvalue weighted by molar-refractivity contribution is 0.0183. The van der Waals surface area contributed by atoms with Crippen LogP contribution in [0.3, 0.4) is 0 Å². The second kappa shape index (κ2) is 8.32. The van der Waals surface area contributed by atoms with Crippen LogP contribution in [0.5, 0.6) is 0 Å². The summed E-state index contributed by atoms with van der Waals surface area (Å²) in [5.41, 5.74) is -0.506. The highest BCUT2D eigenvalue weighted by atomic mass is 32.3. The van der Waals surface area contributed by atoms with Gasteiger partial charge in [0.2, 0.25) is 10.0 Å². The minimum absolute atomic E-state index is 0.0773. The summed E-state index contributed by atoms with van der Waals surface area (Å²) in [6.07, 6.45) is 3.25. The number of aromatic nitrogens is 1. The molecule has 1 fully saturated rings. The third kappa shape index (κ3) is 6.29. The molecule has 148 valence electrons. The van der Waals surface area contributed by atoms with Crippen LogP contribution in [0, 0.1) is 5.92 Å². The van der Waals surface area contributed by atoms with Crippen molar-refractivity contribution in [2.24, 2.45) is 11.1 Å². The van der Waals surface area contributed by atoms with Crippen molar-refractivity contribution < 1.29 is 22.2 Å². The van der Waals surface area contributed by atoms with Gasteiger partial charge in [0.15, 0.2) is 8.55 Å². The van der Waals surface area contributed by atoms with Crippen LogP contribution in [0.2, 0.25) is 0 Å². The van der Waals surface area contributed by atoms with Gasteiger partial charge >= 0.3 is 6.09 Å². The quantitative estimate of drug-likeness (QED) is 0.773. The summed E-state index contributed by atoms with van der Waals surface area (Å²) in [4.78, 5) is 17.7. The molecular formula is C15H25N3O5S3. The Hall–Kier alpha value is -1.04. The Morgan fingerprint density at radius 3 is 2.54 bits per heavy atom. The number of nitrogens with two attached hydrogens (primary N) is 1. The molecule has 0 saturated carbocycles. The number of piperidine rings is 1. The summed E-state index contributed by atoms with van der Waals surface area (Å²) in [6.45, 7) is 6.77. The summed E-state index contributed by atoms with van der Waals surface area (Å²) in [7, 11) is -5.15. The fourth-order valence-corrected chi connectivity index (χ4v) is 5.80. The van der Waals surface area contributed by atoms with Gasteiger partial charge in [0.05, 0.1) is 17.0 Å². The zero-order valence-electron chi connectivity index (χ0n) is 15.1.